The molecular weight excluding hydrogens is 472 g/mol. The molecule has 4 aliphatic rings. The Morgan fingerprint density at radius 2 is 1.97 bits per heavy atom. The van der Waals surface area contributed by atoms with E-state index in [9.17, 15) is 24.6 Å². The molecule has 7 atom stereocenters. The molecule has 35 heavy (non-hydrogen) atoms. The van der Waals surface area contributed by atoms with Crippen molar-refractivity contribution in [2.45, 2.75) is 49.9 Å². The second-order valence-electron chi connectivity index (χ2n) is 10.3. The zero-order chi connectivity index (χ0) is 25.4. The number of carbonyl (C=O) groups excluding carboxylic acids is 2. The van der Waals surface area contributed by atoms with Gasteiger partial charge in [0.1, 0.15) is 11.9 Å². The largest absolute Gasteiger partial charge is 0.477 e. The number of piperazine rings is 1. The number of fused-ring (bicyclic) bond motifs is 1. The number of carboxylic acid groups (broad SMARTS) is 1. The van der Waals surface area contributed by atoms with E-state index in [2.05, 4.69) is 16.0 Å². The first-order chi connectivity index (χ1) is 16.6. The third-order valence-electron chi connectivity index (χ3n) is 7.43. The predicted molar refractivity (Wildman–Crippen MR) is 132 cm³/mol. The summed E-state index contributed by atoms with van der Waals surface area (Å²) in [4.78, 5) is 44.0. The highest BCUT2D eigenvalue weighted by molar-refractivity contribution is 8.03. The summed E-state index contributed by atoms with van der Waals surface area (Å²) in [5, 5.41) is 30.0. The van der Waals surface area contributed by atoms with Crippen molar-refractivity contribution in [3.05, 3.63) is 10.6 Å². The number of hydrogen-bond acceptors (Lipinski definition) is 9. The maximum atomic E-state index is 13.1. The van der Waals surface area contributed by atoms with Crippen LogP contribution in [0.15, 0.2) is 10.6 Å². The first-order valence-electron chi connectivity index (χ1n) is 12.4. The summed E-state index contributed by atoms with van der Waals surface area (Å²) >= 11 is 1.50. The van der Waals surface area contributed by atoms with E-state index in [0.29, 0.717) is 37.5 Å². The van der Waals surface area contributed by atoms with E-state index in [1.165, 1.54) is 16.7 Å². The number of aliphatic hydroxyl groups excluding tert-OH is 1. The average molecular weight is 511 g/mol. The van der Waals surface area contributed by atoms with Gasteiger partial charge in [0.05, 0.1) is 18.0 Å². The van der Waals surface area contributed by atoms with E-state index < -0.39 is 18.1 Å². The number of carboxylic acids is 1. The van der Waals surface area contributed by atoms with Gasteiger partial charge in [-0.15, -0.1) is 11.8 Å². The SMILES string of the molecule is C[C@@H](NC(O)CN(C)C)[C@H]1C(=O)N2C(C(=O)O)=C(S[C@@H]3CN[C@H](C(=O)N4CCNCC4)C3)[C@H](C)[C@H]12. The first-order valence-corrected chi connectivity index (χ1v) is 13.3. The summed E-state index contributed by atoms with van der Waals surface area (Å²) in [6, 6.07) is -0.808. The molecule has 5 N–H and O–H groups in total. The molecule has 11 nitrogen and oxygen atoms in total. The van der Waals surface area contributed by atoms with Gasteiger partial charge in [0.2, 0.25) is 11.8 Å². The quantitative estimate of drug-likeness (QED) is 0.184. The fourth-order valence-electron chi connectivity index (χ4n) is 5.77. The van der Waals surface area contributed by atoms with Gasteiger partial charge in [0, 0.05) is 61.4 Å². The van der Waals surface area contributed by atoms with Crippen molar-refractivity contribution in [3.63, 3.8) is 0 Å². The molecule has 0 aromatic heterocycles. The standard InChI is InChI=1S/C23H38N6O5S/c1-12-18-17(13(2)26-16(30)11-27(3)4)22(32)29(18)19(23(33)34)20(12)35-14-9-15(25-10-14)21(31)28-7-5-24-6-8-28/h12-18,24-26,30H,5-11H2,1-4H3,(H,33,34)/t12-,13-,14+,15+,16?,17-,18-/m1/s1. The highest BCUT2D eigenvalue weighted by atomic mass is 32.2. The van der Waals surface area contributed by atoms with Gasteiger partial charge in [-0.05, 0) is 27.4 Å². The second-order valence-corrected chi connectivity index (χ2v) is 11.6. The van der Waals surface area contributed by atoms with Crippen LogP contribution in [0.1, 0.15) is 20.3 Å². The van der Waals surface area contributed by atoms with Crippen LogP contribution in [0.2, 0.25) is 0 Å². The number of carbonyl (C=O) groups is 3. The molecule has 0 spiro atoms. The number of amides is 2. The molecule has 2 amide bonds. The smallest absolute Gasteiger partial charge is 0.353 e. The lowest BCUT2D eigenvalue weighted by Gasteiger charge is -2.48. The van der Waals surface area contributed by atoms with Crippen molar-refractivity contribution < 1.29 is 24.6 Å². The lowest BCUT2D eigenvalue weighted by Crippen LogP contribution is -2.66. The zero-order valence-corrected chi connectivity index (χ0v) is 21.7. The fraction of sp³-hybridized carbons (Fsp3) is 0.783. The van der Waals surface area contributed by atoms with Crippen molar-refractivity contribution >= 4 is 29.5 Å². The average Bonchev–Trinajstić information content (AvgIpc) is 3.35. The highest BCUT2D eigenvalue weighted by Gasteiger charge is 2.60. The maximum absolute atomic E-state index is 13.1. The Morgan fingerprint density at radius 1 is 1.29 bits per heavy atom. The Morgan fingerprint density at radius 3 is 2.60 bits per heavy atom. The minimum absolute atomic E-state index is 0.0587. The summed E-state index contributed by atoms with van der Waals surface area (Å²) < 4.78 is 0. The van der Waals surface area contributed by atoms with E-state index in [1.807, 2.05) is 37.7 Å². The number of rotatable bonds is 9. The second kappa shape index (κ2) is 10.7. The molecule has 0 saturated carbocycles. The molecule has 4 aliphatic heterocycles. The monoisotopic (exact) mass is 510 g/mol. The number of hydrogen-bond donors (Lipinski definition) is 5. The Labute approximate surface area is 210 Å². The minimum atomic E-state index is -1.10. The predicted octanol–water partition coefficient (Wildman–Crippen LogP) is -1.49. The Hall–Kier alpha value is -1.70. The van der Waals surface area contributed by atoms with E-state index in [-0.39, 0.29) is 46.8 Å². The van der Waals surface area contributed by atoms with Gasteiger partial charge in [-0.2, -0.15) is 0 Å². The molecule has 4 heterocycles. The summed E-state index contributed by atoms with van der Waals surface area (Å²) in [5.74, 6) is -1.74. The third kappa shape index (κ3) is 5.23. The molecular formula is C23H38N6O5S. The lowest BCUT2D eigenvalue weighted by atomic mass is 9.78. The first kappa shape index (κ1) is 26.4. The van der Waals surface area contributed by atoms with Crippen LogP contribution in [0.25, 0.3) is 0 Å². The fourth-order valence-corrected chi connectivity index (χ4v) is 7.25. The molecule has 0 radical (unpaired) electrons. The molecule has 3 fully saturated rings. The number of thioether (sulfide) groups is 1. The number of nitrogens with one attached hydrogen (secondary N) is 3. The van der Waals surface area contributed by atoms with Crippen molar-refractivity contribution in [2.75, 3.05) is 53.4 Å². The van der Waals surface area contributed by atoms with E-state index in [4.69, 9.17) is 0 Å². The Kier molecular flexibility index (Phi) is 8.08. The van der Waals surface area contributed by atoms with E-state index in [1.54, 1.807) is 0 Å². The van der Waals surface area contributed by atoms with Gasteiger partial charge < -0.3 is 35.5 Å². The Balaban J connectivity index is 1.42. The molecule has 0 aliphatic carbocycles. The van der Waals surface area contributed by atoms with Crippen molar-refractivity contribution in [1.82, 2.24) is 30.7 Å². The number of aliphatic hydroxyl groups is 1. The van der Waals surface area contributed by atoms with Gasteiger partial charge in [-0.25, -0.2) is 4.79 Å². The van der Waals surface area contributed by atoms with Crippen LogP contribution < -0.4 is 16.0 Å². The van der Waals surface area contributed by atoms with Crippen LogP contribution in [0.4, 0.5) is 0 Å². The van der Waals surface area contributed by atoms with Crippen LogP contribution in [0, 0.1) is 11.8 Å². The van der Waals surface area contributed by atoms with Crippen LogP contribution in [0.5, 0.6) is 0 Å². The van der Waals surface area contributed by atoms with Gasteiger partial charge in [-0.1, -0.05) is 6.92 Å². The molecule has 12 heteroatoms. The number of aliphatic carboxylic acids is 1. The summed E-state index contributed by atoms with van der Waals surface area (Å²) in [7, 11) is 3.72. The molecule has 3 saturated heterocycles. The van der Waals surface area contributed by atoms with Crippen LogP contribution in [-0.2, 0) is 14.4 Å². The molecule has 1 unspecified atom stereocenters. The van der Waals surface area contributed by atoms with Gasteiger partial charge in [0.15, 0.2) is 0 Å². The summed E-state index contributed by atoms with van der Waals surface area (Å²) in [6.07, 6.45) is -0.151. The van der Waals surface area contributed by atoms with Crippen LogP contribution >= 0.6 is 11.8 Å². The van der Waals surface area contributed by atoms with Crippen LogP contribution in [0.3, 0.4) is 0 Å². The van der Waals surface area contributed by atoms with Crippen molar-refractivity contribution in [1.29, 1.82) is 0 Å². The highest BCUT2D eigenvalue weighted by Crippen LogP contribution is 2.51. The van der Waals surface area contributed by atoms with Crippen molar-refractivity contribution in [2.24, 2.45) is 11.8 Å². The number of likely N-dealkylation sites (N-methyl/N-ethyl adjacent to an activating group) is 1. The van der Waals surface area contributed by atoms with Gasteiger partial charge in [-0.3, -0.25) is 14.9 Å². The van der Waals surface area contributed by atoms with Crippen molar-refractivity contribution in [3.8, 4) is 0 Å². The van der Waals surface area contributed by atoms with Gasteiger partial charge in [0.25, 0.3) is 0 Å². The molecule has 0 aromatic rings. The summed E-state index contributed by atoms with van der Waals surface area (Å²) in [6.45, 7) is 7.88. The molecule has 0 bridgehead atoms. The minimum Gasteiger partial charge on any atom is -0.477 e. The number of nitrogens with zero attached hydrogens (tertiary/aromatic N) is 3. The zero-order valence-electron chi connectivity index (χ0n) is 20.9. The molecule has 4 rings (SSSR count). The van der Waals surface area contributed by atoms with E-state index in [0.717, 1.165) is 13.1 Å². The molecule has 196 valence electrons. The Bertz CT molecular complexity index is 878. The molecule has 0 aromatic carbocycles. The van der Waals surface area contributed by atoms with Gasteiger partial charge >= 0.3 is 5.97 Å². The summed E-state index contributed by atoms with van der Waals surface area (Å²) in [5.41, 5.74) is 0.0756. The normalized spacial score (nSPS) is 32.6. The maximum Gasteiger partial charge on any atom is 0.353 e. The van der Waals surface area contributed by atoms with E-state index >= 15 is 0 Å². The lowest BCUT2D eigenvalue weighted by molar-refractivity contribution is -0.158. The topological polar surface area (TPSA) is 137 Å². The van der Waals surface area contributed by atoms with Crippen LogP contribution in [-0.4, -0.2) is 126 Å². The number of β-lactam (4-membered cyclic amide) rings is 1. The third-order valence-corrected chi connectivity index (χ3v) is 8.95.